The number of carbonyl (C=O) groups excluding carboxylic acids is 2. The van der Waals surface area contributed by atoms with Gasteiger partial charge in [0.15, 0.2) is 0 Å². The van der Waals surface area contributed by atoms with Gasteiger partial charge in [-0.05, 0) is 75.5 Å². The minimum absolute atomic E-state index is 0.156. The third-order valence-electron chi connectivity index (χ3n) is 5.68. The quantitative estimate of drug-likeness (QED) is 0.604. The van der Waals surface area contributed by atoms with Gasteiger partial charge < -0.3 is 15.1 Å². The van der Waals surface area contributed by atoms with Gasteiger partial charge in [-0.1, -0.05) is 6.07 Å². The first-order valence-corrected chi connectivity index (χ1v) is 10.1. The molecule has 0 saturated carbocycles. The van der Waals surface area contributed by atoms with E-state index in [9.17, 15) is 9.59 Å². The molecule has 2 aromatic rings. The summed E-state index contributed by atoms with van der Waals surface area (Å²) in [4.78, 5) is 33.4. The highest BCUT2D eigenvalue weighted by molar-refractivity contribution is 6.19. The lowest BCUT2D eigenvalue weighted by Gasteiger charge is -2.27. The number of nitrogens with one attached hydrogen (secondary N) is 1. The summed E-state index contributed by atoms with van der Waals surface area (Å²) in [5.74, 6) is -0.334. The number of pyridine rings is 1. The Morgan fingerprint density at radius 2 is 1.86 bits per heavy atom. The molecule has 2 heterocycles. The Kier molecular flexibility index (Phi) is 6.03. The van der Waals surface area contributed by atoms with Gasteiger partial charge in [-0.15, -0.1) is 0 Å². The van der Waals surface area contributed by atoms with Crippen LogP contribution in [0.1, 0.15) is 37.5 Å². The summed E-state index contributed by atoms with van der Waals surface area (Å²) < 4.78 is 0. The van der Waals surface area contributed by atoms with Crippen molar-refractivity contribution in [3.05, 3.63) is 53.3 Å². The number of nitrogens with zero attached hydrogens (tertiary/aromatic N) is 3. The lowest BCUT2D eigenvalue weighted by atomic mass is 9.90. The highest BCUT2D eigenvalue weighted by Gasteiger charge is 2.45. The number of hydrogen-bond acceptors (Lipinski definition) is 4. The zero-order chi connectivity index (χ0) is 21.2. The van der Waals surface area contributed by atoms with Crippen LogP contribution < -0.4 is 15.1 Å². The molecule has 6 nitrogen and oxygen atoms in total. The van der Waals surface area contributed by atoms with E-state index in [0.717, 1.165) is 36.4 Å². The van der Waals surface area contributed by atoms with Gasteiger partial charge >= 0.3 is 0 Å². The lowest BCUT2D eigenvalue weighted by Crippen LogP contribution is -2.47. The van der Waals surface area contributed by atoms with Crippen LogP contribution >= 0.6 is 0 Å². The summed E-state index contributed by atoms with van der Waals surface area (Å²) in [5, 5.41) is 3.46. The number of aryl methyl sites for hydroxylation is 1. The summed E-state index contributed by atoms with van der Waals surface area (Å²) in [5.41, 5.74) is 4.05. The van der Waals surface area contributed by atoms with Gasteiger partial charge in [0.2, 0.25) is 11.8 Å². The second kappa shape index (κ2) is 8.33. The van der Waals surface area contributed by atoms with Gasteiger partial charge in [-0.3, -0.25) is 14.6 Å². The number of carbonyl (C=O) groups is 2. The molecule has 1 N–H and O–H groups in total. The van der Waals surface area contributed by atoms with Crippen LogP contribution in [0.3, 0.4) is 0 Å². The standard InChI is InChI=1S/C23H30N4O2/c1-6-27-19-8-7-17(10-12-25-15-18-14-24-11-9-16(18)2)13-20(19)26(5)21(28)23(3,4)22(27)29/h7-9,11,13-14,25H,6,10,12,15H2,1-5H3. The average molecular weight is 395 g/mol. The monoisotopic (exact) mass is 394 g/mol. The first-order chi connectivity index (χ1) is 13.8. The predicted octanol–water partition coefficient (Wildman–Crippen LogP) is 3.08. The maximum absolute atomic E-state index is 12.9. The summed E-state index contributed by atoms with van der Waals surface area (Å²) in [6, 6.07) is 8.05. The molecule has 0 saturated heterocycles. The fourth-order valence-corrected chi connectivity index (χ4v) is 3.74. The average Bonchev–Trinajstić information content (AvgIpc) is 2.76. The fourth-order valence-electron chi connectivity index (χ4n) is 3.74. The van der Waals surface area contributed by atoms with E-state index in [4.69, 9.17) is 0 Å². The normalized spacial score (nSPS) is 16.0. The van der Waals surface area contributed by atoms with Crippen LogP contribution in [0.15, 0.2) is 36.7 Å². The molecule has 0 unspecified atom stereocenters. The molecule has 1 aliphatic heterocycles. The number of benzene rings is 1. The van der Waals surface area contributed by atoms with Crippen LogP contribution in [0.25, 0.3) is 0 Å². The molecule has 1 aliphatic rings. The number of fused-ring (bicyclic) bond motifs is 1. The van der Waals surface area contributed by atoms with Crippen molar-refractivity contribution in [1.82, 2.24) is 10.3 Å². The molecule has 1 aromatic heterocycles. The SMILES string of the molecule is CCN1C(=O)C(C)(C)C(=O)N(C)c2cc(CCNCc3cnccc3C)ccc21. The van der Waals surface area contributed by atoms with Crippen molar-refractivity contribution in [2.24, 2.45) is 5.41 Å². The van der Waals surface area contributed by atoms with Crippen molar-refractivity contribution in [2.45, 2.75) is 40.7 Å². The molecule has 154 valence electrons. The van der Waals surface area contributed by atoms with Crippen molar-refractivity contribution in [3.8, 4) is 0 Å². The van der Waals surface area contributed by atoms with Crippen LogP contribution in [0.2, 0.25) is 0 Å². The van der Waals surface area contributed by atoms with E-state index in [2.05, 4.69) is 17.2 Å². The Hall–Kier alpha value is -2.73. The van der Waals surface area contributed by atoms with E-state index in [1.807, 2.05) is 37.4 Å². The molecule has 0 atom stereocenters. The second-order valence-electron chi connectivity index (χ2n) is 8.09. The third kappa shape index (κ3) is 4.03. The zero-order valence-corrected chi connectivity index (χ0v) is 18.0. The molecule has 0 radical (unpaired) electrons. The topological polar surface area (TPSA) is 65.5 Å². The number of rotatable bonds is 6. The van der Waals surface area contributed by atoms with Crippen LogP contribution in [0, 0.1) is 12.3 Å². The molecule has 0 aliphatic carbocycles. The summed E-state index contributed by atoms with van der Waals surface area (Å²) in [7, 11) is 1.75. The molecule has 0 bridgehead atoms. The van der Waals surface area contributed by atoms with Gasteiger partial charge in [-0.2, -0.15) is 0 Å². The van der Waals surface area contributed by atoms with E-state index in [1.54, 1.807) is 36.9 Å². The molecule has 2 amide bonds. The number of aromatic nitrogens is 1. The minimum atomic E-state index is -1.08. The second-order valence-corrected chi connectivity index (χ2v) is 8.09. The largest absolute Gasteiger partial charge is 0.313 e. The molecule has 0 fully saturated rings. The van der Waals surface area contributed by atoms with Crippen molar-refractivity contribution >= 4 is 23.2 Å². The van der Waals surface area contributed by atoms with Crippen LogP contribution in [0.5, 0.6) is 0 Å². The summed E-state index contributed by atoms with van der Waals surface area (Å²) in [6.45, 7) is 9.54. The molecule has 0 spiro atoms. The molecular formula is C23H30N4O2. The highest BCUT2D eigenvalue weighted by Crippen LogP contribution is 2.38. The molecular weight excluding hydrogens is 364 g/mol. The van der Waals surface area contributed by atoms with Crippen molar-refractivity contribution < 1.29 is 9.59 Å². The van der Waals surface area contributed by atoms with Crippen molar-refractivity contribution in [3.63, 3.8) is 0 Å². The van der Waals surface area contributed by atoms with Gasteiger partial charge in [-0.25, -0.2) is 0 Å². The van der Waals surface area contributed by atoms with Gasteiger partial charge in [0, 0.05) is 32.5 Å². The van der Waals surface area contributed by atoms with E-state index in [-0.39, 0.29) is 11.8 Å². The summed E-state index contributed by atoms with van der Waals surface area (Å²) in [6.07, 6.45) is 4.53. The summed E-state index contributed by atoms with van der Waals surface area (Å²) >= 11 is 0. The van der Waals surface area contributed by atoms with Gasteiger partial charge in [0.1, 0.15) is 5.41 Å². The van der Waals surface area contributed by atoms with Crippen molar-refractivity contribution in [2.75, 3.05) is 29.9 Å². The van der Waals surface area contributed by atoms with E-state index < -0.39 is 5.41 Å². The maximum Gasteiger partial charge on any atom is 0.242 e. The van der Waals surface area contributed by atoms with Crippen LogP contribution in [-0.4, -0.2) is 36.9 Å². The number of anilines is 2. The van der Waals surface area contributed by atoms with Crippen molar-refractivity contribution in [1.29, 1.82) is 0 Å². The van der Waals surface area contributed by atoms with Gasteiger partial charge in [0.05, 0.1) is 11.4 Å². The molecule has 1 aromatic carbocycles. The molecule has 29 heavy (non-hydrogen) atoms. The van der Waals surface area contributed by atoms with E-state index in [0.29, 0.717) is 6.54 Å². The highest BCUT2D eigenvalue weighted by atomic mass is 16.2. The Labute approximate surface area is 172 Å². The Morgan fingerprint density at radius 1 is 1.10 bits per heavy atom. The molecule has 6 heteroatoms. The predicted molar refractivity (Wildman–Crippen MR) is 116 cm³/mol. The third-order valence-corrected chi connectivity index (χ3v) is 5.68. The smallest absolute Gasteiger partial charge is 0.242 e. The minimum Gasteiger partial charge on any atom is -0.313 e. The maximum atomic E-state index is 12.9. The number of amides is 2. The Bertz CT molecular complexity index is 923. The fraction of sp³-hybridized carbons (Fsp3) is 0.435. The van der Waals surface area contributed by atoms with Crippen LogP contribution in [-0.2, 0) is 22.6 Å². The lowest BCUT2D eigenvalue weighted by molar-refractivity contribution is -0.137. The Balaban J connectivity index is 1.76. The molecule has 3 rings (SSSR count). The first kappa shape index (κ1) is 21.0. The van der Waals surface area contributed by atoms with Crippen LogP contribution in [0.4, 0.5) is 11.4 Å². The first-order valence-electron chi connectivity index (χ1n) is 10.1. The zero-order valence-electron chi connectivity index (χ0n) is 18.0. The van der Waals surface area contributed by atoms with E-state index >= 15 is 0 Å². The number of hydrogen-bond donors (Lipinski definition) is 1. The van der Waals surface area contributed by atoms with Gasteiger partial charge in [0.25, 0.3) is 0 Å². The van der Waals surface area contributed by atoms with E-state index in [1.165, 1.54) is 11.1 Å². The Morgan fingerprint density at radius 3 is 2.55 bits per heavy atom.